The van der Waals surface area contributed by atoms with Crippen molar-refractivity contribution in [3.63, 3.8) is 0 Å². The molecule has 0 aliphatic rings. The summed E-state index contributed by atoms with van der Waals surface area (Å²) in [5.41, 5.74) is 1.94. The van der Waals surface area contributed by atoms with Crippen LogP contribution in [-0.4, -0.2) is 20.6 Å². The molecule has 29 heavy (non-hydrogen) atoms. The summed E-state index contributed by atoms with van der Waals surface area (Å²) in [5, 5.41) is 19.0. The van der Waals surface area contributed by atoms with E-state index in [2.05, 4.69) is 10.4 Å². The normalized spacial score (nSPS) is 11.0. The molecule has 2 heterocycles. The third-order valence-corrected chi connectivity index (χ3v) is 5.54. The highest BCUT2D eigenvalue weighted by atomic mass is 32.1. The van der Waals surface area contributed by atoms with Gasteiger partial charge in [-0.1, -0.05) is 18.2 Å². The Hall–Kier alpha value is -3.59. The lowest BCUT2D eigenvalue weighted by molar-refractivity contribution is -0.384. The number of thiophene rings is 1. The van der Waals surface area contributed by atoms with Crippen molar-refractivity contribution in [2.45, 2.75) is 13.5 Å². The molecule has 2 aromatic carbocycles. The number of benzene rings is 2. The predicted octanol–water partition coefficient (Wildman–Crippen LogP) is 4.75. The molecule has 4 aromatic rings. The average molecular weight is 410 g/mol. The lowest BCUT2D eigenvalue weighted by Crippen LogP contribution is -2.10. The van der Waals surface area contributed by atoms with Gasteiger partial charge in [-0.05, 0) is 36.8 Å². The molecule has 0 unspecified atom stereocenters. The number of nitrogens with one attached hydrogen (secondary N) is 1. The van der Waals surface area contributed by atoms with Crippen LogP contribution >= 0.6 is 11.3 Å². The van der Waals surface area contributed by atoms with Crippen LogP contribution in [0.15, 0.2) is 54.6 Å². The maximum absolute atomic E-state index is 13.1. The molecule has 0 aliphatic carbocycles. The van der Waals surface area contributed by atoms with E-state index in [0.29, 0.717) is 17.1 Å². The van der Waals surface area contributed by atoms with Gasteiger partial charge >= 0.3 is 0 Å². The minimum absolute atomic E-state index is 0.0927. The second-order valence-electron chi connectivity index (χ2n) is 6.46. The van der Waals surface area contributed by atoms with Crippen LogP contribution < -0.4 is 5.32 Å². The van der Waals surface area contributed by atoms with Gasteiger partial charge in [0, 0.05) is 23.2 Å². The van der Waals surface area contributed by atoms with E-state index in [1.807, 2.05) is 6.92 Å². The van der Waals surface area contributed by atoms with E-state index in [1.165, 1.54) is 41.7 Å². The molecule has 0 aliphatic heterocycles. The first kappa shape index (κ1) is 18.8. The third kappa shape index (κ3) is 3.85. The molecular formula is C20H15FN4O3S. The molecule has 0 fully saturated rings. The second-order valence-corrected chi connectivity index (χ2v) is 7.49. The van der Waals surface area contributed by atoms with Gasteiger partial charge in [0.15, 0.2) is 0 Å². The zero-order valence-electron chi connectivity index (χ0n) is 15.3. The molecule has 7 nitrogen and oxygen atoms in total. The van der Waals surface area contributed by atoms with E-state index in [4.69, 9.17) is 0 Å². The van der Waals surface area contributed by atoms with Crippen molar-refractivity contribution in [3.8, 4) is 0 Å². The van der Waals surface area contributed by atoms with Gasteiger partial charge in [-0.2, -0.15) is 5.10 Å². The molecule has 0 saturated heterocycles. The molecule has 0 atom stereocenters. The fraction of sp³-hybridized carbons (Fsp3) is 0.100. The van der Waals surface area contributed by atoms with Crippen molar-refractivity contribution >= 4 is 38.8 Å². The van der Waals surface area contributed by atoms with E-state index >= 15 is 0 Å². The zero-order chi connectivity index (χ0) is 20.5. The number of nitro groups is 1. The number of hydrogen-bond acceptors (Lipinski definition) is 5. The van der Waals surface area contributed by atoms with Gasteiger partial charge in [0.25, 0.3) is 11.6 Å². The Morgan fingerprint density at radius 3 is 2.72 bits per heavy atom. The predicted molar refractivity (Wildman–Crippen MR) is 109 cm³/mol. The van der Waals surface area contributed by atoms with Crippen LogP contribution in [0.1, 0.15) is 20.9 Å². The largest absolute Gasteiger partial charge is 0.321 e. The summed E-state index contributed by atoms with van der Waals surface area (Å²) in [4.78, 5) is 24.3. The SMILES string of the molecule is Cc1nn(Cc2ccc(F)cc2)c2sc(C(=O)Nc3cccc([N+](=O)[O-])c3)cc12. The first-order chi connectivity index (χ1) is 13.9. The molecule has 1 N–H and O–H groups in total. The summed E-state index contributed by atoms with van der Waals surface area (Å²) in [5.74, 6) is -0.647. The van der Waals surface area contributed by atoms with Gasteiger partial charge in [-0.3, -0.25) is 19.6 Å². The number of anilines is 1. The van der Waals surface area contributed by atoms with Crippen LogP contribution in [0.3, 0.4) is 0 Å². The lowest BCUT2D eigenvalue weighted by atomic mass is 10.2. The first-order valence-corrected chi connectivity index (χ1v) is 9.49. The van der Waals surface area contributed by atoms with E-state index in [-0.39, 0.29) is 17.4 Å². The van der Waals surface area contributed by atoms with Crippen LogP contribution in [0.2, 0.25) is 0 Å². The summed E-state index contributed by atoms with van der Waals surface area (Å²) in [6.07, 6.45) is 0. The highest BCUT2D eigenvalue weighted by Gasteiger charge is 2.17. The van der Waals surface area contributed by atoms with Crippen LogP contribution in [-0.2, 0) is 6.54 Å². The van der Waals surface area contributed by atoms with Crippen LogP contribution in [0.4, 0.5) is 15.8 Å². The first-order valence-electron chi connectivity index (χ1n) is 8.68. The topological polar surface area (TPSA) is 90.1 Å². The number of rotatable bonds is 5. The summed E-state index contributed by atoms with van der Waals surface area (Å²) in [7, 11) is 0. The van der Waals surface area contributed by atoms with Crippen molar-refractivity contribution in [2.75, 3.05) is 5.32 Å². The summed E-state index contributed by atoms with van der Waals surface area (Å²) < 4.78 is 14.9. The molecule has 146 valence electrons. The number of nitrogens with zero attached hydrogens (tertiary/aromatic N) is 3. The molecular weight excluding hydrogens is 395 g/mol. The molecule has 0 saturated carbocycles. The highest BCUT2D eigenvalue weighted by Crippen LogP contribution is 2.30. The highest BCUT2D eigenvalue weighted by molar-refractivity contribution is 7.20. The Balaban J connectivity index is 1.60. The van der Waals surface area contributed by atoms with Gasteiger partial charge in [0.2, 0.25) is 0 Å². The quantitative estimate of drug-likeness (QED) is 0.380. The van der Waals surface area contributed by atoms with E-state index in [1.54, 1.807) is 28.9 Å². The summed E-state index contributed by atoms with van der Waals surface area (Å²) >= 11 is 1.29. The summed E-state index contributed by atoms with van der Waals surface area (Å²) in [6, 6.07) is 13.7. The monoisotopic (exact) mass is 410 g/mol. The van der Waals surface area contributed by atoms with Gasteiger partial charge in [0.05, 0.1) is 22.0 Å². The van der Waals surface area contributed by atoms with E-state index in [9.17, 15) is 19.3 Å². The number of halogens is 1. The molecule has 0 spiro atoms. The fourth-order valence-corrected chi connectivity index (χ4v) is 4.04. The number of amides is 1. The number of nitro benzene ring substituents is 1. The average Bonchev–Trinajstić information content (AvgIpc) is 3.25. The van der Waals surface area contributed by atoms with E-state index < -0.39 is 4.92 Å². The van der Waals surface area contributed by atoms with Crippen molar-refractivity contribution in [2.24, 2.45) is 0 Å². The molecule has 2 aromatic heterocycles. The van der Waals surface area contributed by atoms with Crippen molar-refractivity contribution in [3.05, 3.63) is 86.7 Å². The standard InChI is InChI=1S/C20H15FN4O3S/c1-12-17-10-18(19(26)22-15-3-2-4-16(9-15)25(27)28)29-20(17)24(23-12)11-13-5-7-14(21)8-6-13/h2-10H,11H2,1H3,(H,22,26). The van der Waals surface area contributed by atoms with Gasteiger partial charge in [-0.25, -0.2) is 4.39 Å². The van der Waals surface area contributed by atoms with Gasteiger partial charge in [-0.15, -0.1) is 11.3 Å². The van der Waals surface area contributed by atoms with Crippen LogP contribution in [0, 0.1) is 22.9 Å². The molecule has 0 radical (unpaired) electrons. The smallest absolute Gasteiger partial charge is 0.271 e. The van der Waals surface area contributed by atoms with Crippen molar-refractivity contribution < 1.29 is 14.1 Å². The Labute approximate surface area is 168 Å². The molecule has 4 rings (SSSR count). The van der Waals surface area contributed by atoms with Gasteiger partial charge in [0.1, 0.15) is 10.6 Å². The maximum atomic E-state index is 13.1. The minimum atomic E-state index is -0.511. The number of aryl methyl sites for hydroxylation is 1. The molecule has 0 bridgehead atoms. The molecule has 9 heteroatoms. The third-order valence-electron chi connectivity index (χ3n) is 4.39. The number of hydrogen-bond donors (Lipinski definition) is 1. The summed E-state index contributed by atoms with van der Waals surface area (Å²) in [6.45, 7) is 2.32. The number of non-ortho nitro benzene ring substituents is 1. The van der Waals surface area contributed by atoms with Crippen molar-refractivity contribution in [1.82, 2.24) is 9.78 Å². The Bertz CT molecular complexity index is 1230. The lowest BCUT2D eigenvalue weighted by Gasteiger charge is -2.04. The van der Waals surface area contributed by atoms with Gasteiger partial charge < -0.3 is 5.32 Å². The van der Waals surface area contributed by atoms with Crippen LogP contribution in [0.25, 0.3) is 10.2 Å². The minimum Gasteiger partial charge on any atom is -0.321 e. The van der Waals surface area contributed by atoms with E-state index in [0.717, 1.165) is 21.5 Å². The van der Waals surface area contributed by atoms with Crippen LogP contribution in [0.5, 0.6) is 0 Å². The number of aromatic nitrogens is 2. The maximum Gasteiger partial charge on any atom is 0.271 e. The molecule has 1 amide bonds. The Kier molecular flexibility index (Phi) is 4.81. The number of carbonyl (C=O) groups excluding carboxylic acids is 1. The second kappa shape index (κ2) is 7.44. The number of fused-ring (bicyclic) bond motifs is 1. The fourth-order valence-electron chi connectivity index (χ4n) is 2.98. The van der Waals surface area contributed by atoms with Crippen molar-refractivity contribution in [1.29, 1.82) is 0 Å². The number of carbonyl (C=O) groups is 1. The Morgan fingerprint density at radius 2 is 2.00 bits per heavy atom. The zero-order valence-corrected chi connectivity index (χ0v) is 16.1. The Morgan fingerprint density at radius 1 is 1.24 bits per heavy atom.